The van der Waals surface area contributed by atoms with Crippen molar-refractivity contribution in [2.75, 3.05) is 19.3 Å². The van der Waals surface area contributed by atoms with Crippen molar-refractivity contribution in [3.63, 3.8) is 0 Å². The fourth-order valence-electron chi connectivity index (χ4n) is 1.71. The van der Waals surface area contributed by atoms with Gasteiger partial charge in [-0.25, -0.2) is 9.37 Å². The highest BCUT2D eigenvalue weighted by molar-refractivity contribution is 7.15. The van der Waals surface area contributed by atoms with Gasteiger partial charge in [-0.3, -0.25) is 0 Å². The van der Waals surface area contributed by atoms with Crippen LogP contribution in [0.4, 0.5) is 9.52 Å². The van der Waals surface area contributed by atoms with E-state index < -0.39 is 0 Å². The van der Waals surface area contributed by atoms with Crippen molar-refractivity contribution in [1.29, 1.82) is 0 Å². The van der Waals surface area contributed by atoms with E-state index in [1.807, 2.05) is 18.3 Å². The predicted molar refractivity (Wildman–Crippen MR) is 73.0 cm³/mol. The van der Waals surface area contributed by atoms with Crippen LogP contribution in [0, 0.1) is 5.82 Å². The van der Waals surface area contributed by atoms with E-state index in [-0.39, 0.29) is 5.82 Å². The molecule has 0 fully saturated rings. The minimum atomic E-state index is -0.188. The number of nitrogens with zero attached hydrogens (tertiary/aromatic N) is 2. The lowest BCUT2D eigenvalue weighted by molar-refractivity contribution is 0.334. The van der Waals surface area contributed by atoms with Gasteiger partial charge in [-0.05, 0) is 31.2 Å². The predicted octanol–water partition coefficient (Wildman–Crippen LogP) is 2.54. The Hall–Kier alpha value is -1.46. The largest absolute Gasteiger partial charge is 0.375 e. The topological polar surface area (TPSA) is 42.2 Å². The summed E-state index contributed by atoms with van der Waals surface area (Å²) in [6.07, 6.45) is 2.72. The standard InChI is InChI=1S/C13H16FN3S/c1-17(9-12-8-16-13(15)18-12)7-6-10-2-4-11(14)5-3-10/h2-5,8H,6-7,9H2,1H3,(H2,15,16). The van der Waals surface area contributed by atoms with E-state index in [9.17, 15) is 4.39 Å². The van der Waals surface area contributed by atoms with Crippen LogP contribution in [0.5, 0.6) is 0 Å². The molecule has 2 aromatic rings. The number of rotatable bonds is 5. The van der Waals surface area contributed by atoms with Crippen LogP contribution in [0.15, 0.2) is 30.5 Å². The van der Waals surface area contributed by atoms with Gasteiger partial charge in [0.15, 0.2) is 5.13 Å². The van der Waals surface area contributed by atoms with Gasteiger partial charge in [0.2, 0.25) is 0 Å². The van der Waals surface area contributed by atoms with Crippen LogP contribution < -0.4 is 5.73 Å². The van der Waals surface area contributed by atoms with Gasteiger partial charge in [0, 0.05) is 24.2 Å². The Morgan fingerprint density at radius 2 is 2.06 bits per heavy atom. The number of thiazole rings is 1. The second-order valence-corrected chi connectivity index (χ2v) is 5.43. The molecule has 0 unspecified atom stereocenters. The second kappa shape index (κ2) is 5.93. The summed E-state index contributed by atoms with van der Waals surface area (Å²) in [5, 5.41) is 0.608. The molecule has 0 aliphatic heterocycles. The summed E-state index contributed by atoms with van der Waals surface area (Å²) in [6.45, 7) is 1.76. The fourth-order valence-corrected chi connectivity index (χ4v) is 2.48. The van der Waals surface area contributed by atoms with Crippen LogP contribution in [0.3, 0.4) is 0 Å². The van der Waals surface area contributed by atoms with Crippen molar-refractivity contribution in [2.45, 2.75) is 13.0 Å². The molecular formula is C13H16FN3S. The number of likely N-dealkylation sites (N-methyl/N-ethyl adjacent to an activating group) is 1. The summed E-state index contributed by atoms with van der Waals surface area (Å²) < 4.78 is 12.7. The first-order valence-electron chi connectivity index (χ1n) is 5.76. The molecule has 1 heterocycles. The molecule has 3 nitrogen and oxygen atoms in total. The summed E-state index contributed by atoms with van der Waals surface area (Å²) in [7, 11) is 2.05. The van der Waals surface area contributed by atoms with Crippen LogP contribution in [0.2, 0.25) is 0 Å². The highest BCUT2D eigenvalue weighted by Gasteiger charge is 2.04. The molecule has 1 aromatic heterocycles. The van der Waals surface area contributed by atoms with Crippen molar-refractivity contribution < 1.29 is 4.39 Å². The summed E-state index contributed by atoms with van der Waals surface area (Å²) in [6, 6.07) is 6.65. The van der Waals surface area contributed by atoms with E-state index in [2.05, 4.69) is 16.9 Å². The molecule has 0 aliphatic rings. The van der Waals surface area contributed by atoms with Crippen LogP contribution in [-0.2, 0) is 13.0 Å². The molecule has 1 aromatic carbocycles. The normalized spacial score (nSPS) is 11.1. The Morgan fingerprint density at radius 1 is 1.33 bits per heavy atom. The van der Waals surface area contributed by atoms with Crippen molar-refractivity contribution >= 4 is 16.5 Å². The number of aromatic nitrogens is 1. The number of hydrogen-bond acceptors (Lipinski definition) is 4. The van der Waals surface area contributed by atoms with Gasteiger partial charge in [0.25, 0.3) is 0 Å². The molecule has 0 saturated carbocycles. The third kappa shape index (κ3) is 3.78. The summed E-state index contributed by atoms with van der Waals surface area (Å²) in [5.41, 5.74) is 6.73. The van der Waals surface area contributed by atoms with Crippen LogP contribution in [-0.4, -0.2) is 23.5 Å². The maximum Gasteiger partial charge on any atom is 0.180 e. The molecule has 0 radical (unpaired) electrons. The van der Waals surface area contributed by atoms with E-state index in [0.717, 1.165) is 30.0 Å². The van der Waals surface area contributed by atoms with E-state index in [0.29, 0.717) is 5.13 Å². The van der Waals surface area contributed by atoms with Gasteiger partial charge in [0.05, 0.1) is 0 Å². The Labute approximate surface area is 110 Å². The molecule has 0 spiro atoms. The van der Waals surface area contributed by atoms with Gasteiger partial charge in [-0.15, -0.1) is 11.3 Å². The smallest absolute Gasteiger partial charge is 0.180 e. The molecule has 0 atom stereocenters. The van der Waals surface area contributed by atoms with E-state index in [1.165, 1.54) is 23.5 Å². The molecule has 2 N–H and O–H groups in total. The number of hydrogen-bond donors (Lipinski definition) is 1. The lowest BCUT2D eigenvalue weighted by atomic mass is 10.1. The lowest BCUT2D eigenvalue weighted by Gasteiger charge is -2.15. The Morgan fingerprint density at radius 3 is 2.67 bits per heavy atom. The Kier molecular flexibility index (Phi) is 4.28. The molecule has 2 rings (SSSR count). The average molecular weight is 265 g/mol. The average Bonchev–Trinajstić information content (AvgIpc) is 2.74. The van der Waals surface area contributed by atoms with Crippen LogP contribution in [0.1, 0.15) is 10.4 Å². The van der Waals surface area contributed by atoms with Gasteiger partial charge in [-0.2, -0.15) is 0 Å². The molecule has 0 bridgehead atoms. The highest BCUT2D eigenvalue weighted by Crippen LogP contribution is 2.16. The van der Waals surface area contributed by atoms with Crippen molar-refractivity contribution in [3.05, 3.63) is 46.7 Å². The third-order valence-corrected chi connectivity index (χ3v) is 3.50. The third-order valence-electron chi connectivity index (χ3n) is 2.69. The minimum Gasteiger partial charge on any atom is -0.375 e. The number of benzene rings is 1. The Balaban J connectivity index is 1.81. The zero-order valence-electron chi connectivity index (χ0n) is 10.3. The van der Waals surface area contributed by atoms with Crippen molar-refractivity contribution in [1.82, 2.24) is 9.88 Å². The zero-order valence-corrected chi connectivity index (χ0v) is 11.1. The number of nitrogen functional groups attached to an aromatic ring is 1. The quantitative estimate of drug-likeness (QED) is 0.903. The fraction of sp³-hybridized carbons (Fsp3) is 0.308. The molecule has 0 aliphatic carbocycles. The molecule has 96 valence electrons. The first-order valence-corrected chi connectivity index (χ1v) is 6.58. The van der Waals surface area contributed by atoms with Gasteiger partial charge in [-0.1, -0.05) is 12.1 Å². The molecule has 0 amide bonds. The number of nitrogens with two attached hydrogens (primary N) is 1. The maximum absolute atomic E-state index is 12.7. The monoisotopic (exact) mass is 265 g/mol. The molecular weight excluding hydrogens is 249 g/mol. The highest BCUT2D eigenvalue weighted by atomic mass is 32.1. The molecule has 0 saturated heterocycles. The zero-order chi connectivity index (χ0) is 13.0. The van der Waals surface area contributed by atoms with Crippen molar-refractivity contribution in [3.8, 4) is 0 Å². The van der Waals surface area contributed by atoms with Crippen molar-refractivity contribution in [2.24, 2.45) is 0 Å². The molecule has 18 heavy (non-hydrogen) atoms. The molecule has 5 heteroatoms. The van der Waals surface area contributed by atoms with Crippen LogP contribution in [0.25, 0.3) is 0 Å². The first-order chi connectivity index (χ1) is 8.63. The van der Waals surface area contributed by atoms with Gasteiger partial charge >= 0.3 is 0 Å². The SMILES string of the molecule is CN(CCc1ccc(F)cc1)Cc1cnc(N)s1. The number of halogens is 1. The van der Waals surface area contributed by atoms with Gasteiger partial charge < -0.3 is 10.6 Å². The Bertz CT molecular complexity index is 495. The number of anilines is 1. The van der Waals surface area contributed by atoms with Crippen LogP contribution >= 0.6 is 11.3 Å². The lowest BCUT2D eigenvalue weighted by Crippen LogP contribution is -2.20. The maximum atomic E-state index is 12.7. The van der Waals surface area contributed by atoms with E-state index >= 15 is 0 Å². The summed E-state index contributed by atoms with van der Waals surface area (Å²) in [5.74, 6) is -0.188. The summed E-state index contributed by atoms with van der Waals surface area (Å²) in [4.78, 5) is 7.39. The minimum absolute atomic E-state index is 0.188. The van der Waals surface area contributed by atoms with E-state index in [1.54, 1.807) is 0 Å². The summed E-state index contributed by atoms with van der Waals surface area (Å²) >= 11 is 1.52. The first kappa shape index (κ1) is 13.0. The second-order valence-electron chi connectivity index (χ2n) is 4.28. The van der Waals surface area contributed by atoms with Gasteiger partial charge in [0.1, 0.15) is 5.82 Å². The van der Waals surface area contributed by atoms with E-state index in [4.69, 9.17) is 5.73 Å².